The van der Waals surface area contributed by atoms with Crippen LogP contribution >= 0.6 is 23.2 Å². The molecule has 0 atom stereocenters. The first-order chi connectivity index (χ1) is 12.6. The Labute approximate surface area is 158 Å². The average molecular weight is 384 g/mol. The number of carbonyl (C=O) groups is 1. The molecule has 26 heavy (non-hydrogen) atoms. The van der Waals surface area contributed by atoms with Gasteiger partial charge in [-0.3, -0.25) is 9.78 Å². The second kappa shape index (κ2) is 6.78. The highest BCUT2D eigenvalue weighted by Crippen LogP contribution is 2.26. The summed E-state index contributed by atoms with van der Waals surface area (Å²) in [7, 11) is 0. The molecular weight excluding hydrogens is 373 g/mol. The zero-order chi connectivity index (χ0) is 18.1. The number of hydrogen-bond acceptors (Lipinski definition) is 4. The number of anilines is 1. The van der Waals surface area contributed by atoms with Crippen LogP contribution in [-0.4, -0.2) is 15.9 Å². The molecule has 4 rings (SSSR count). The van der Waals surface area contributed by atoms with Gasteiger partial charge in [0.25, 0.3) is 5.91 Å². The Morgan fingerprint density at radius 1 is 1.04 bits per heavy atom. The third-order valence-electron chi connectivity index (χ3n) is 3.76. The number of benzene rings is 2. The number of pyridine rings is 1. The summed E-state index contributed by atoms with van der Waals surface area (Å²) in [5, 5.41) is 3.57. The highest BCUT2D eigenvalue weighted by Gasteiger charge is 2.12. The summed E-state index contributed by atoms with van der Waals surface area (Å²) in [4.78, 5) is 20.8. The van der Waals surface area contributed by atoms with Gasteiger partial charge in [0.1, 0.15) is 5.52 Å². The van der Waals surface area contributed by atoms with E-state index in [0.717, 1.165) is 5.56 Å². The third kappa shape index (κ3) is 3.27. The van der Waals surface area contributed by atoms with E-state index in [9.17, 15) is 4.79 Å². The van der Waals surface area contributed by atoms with E-state index in [4.69, 9.17) is 27.6 Å². The first kappa shape index (κ1) is 16.6. The Bertz CT molecular complexity index is 1070. The van der Waals surface area contributed by atoms with E-state index in [-0.39, 0.29) is 5.91 Å². The molecule has 1 amide bonds. The second-order valence-electron chi connectivity index (χ2n) is 5.52. The Morgan fingerprint density at radius 3 is 2.58 bits per heavy atom. The van der Waals surface area contributed by atoms with Gasteiger partial charge in [0.15, 0.2) is 5.58 Å². The monoisotopic (exact) mass is 383 g/mol. The van der Waals surface area contributed by atoms with Crippen LogP contribution < -0.4 is 5.32 Å². The van der Waals surface area contributed by atoms with Gasteiger partial charge in [-0.25, -0.2) is 4.98 Å². The molecule has 0 saturated carbocycles. The fourth-order valence-corrected chi connectivity index (χ4v) is 2.97. The Morgan fingerprint density at radius 2 is 1.85 bits per heavy atom. The molecule has 2 heterocycles. The molecule has 4 aromatic rings. The van der Waals surface area contributed by atoms with Gasteiger partial charge in [-0.05, 0) is 42.5 Å². The van der Waals surface area contributed by atoms with E-state index in [2.05, 4.69) is 15.3 Å². The van der Waals surface area contributed by atoms with Crippen molar-refractivity contribution in [3.63, 3.8) is 0 Å². The van der Waals surface area contributed by atoms with Crippen LogP contribution in [0.4, 0.5) is 5.69 Å². The molecule has 7 heteroatoms. The van der Waals surface area contributed by atoms with E-state index in [1.165, 1.54) is 6.07 Å². The van der Waals surface area contributed by atoms with E-state index < -0.39 is 0 Å². The van der Waals surface area contributed by atoms with Gasteiger partial charge in [0.05, 0.1) is 16.8 Å². The molecule has 0 fully saturated rings. The van der Waals surface area contributed by atoms with Crippen molar-refractivity contribution in [2.75, 3.05) is 5.32 Å². The van der Waals surface area contributed by atoms with Crippen LogP contribution in [0.25, 0.3) is 22.6 Å². The Balaban J connectivity index is 1.55. The summed E-state index contributed by atoms with van der Waals surface area (Å²) in [5.41, 5.74) is 3.14. The maximum absolute atomic E-state index is 12.3. The lowest BCUT2D eigenvalue weighted by atomic mass is 10.2. The summed E-state index contributed by atoms with van der Waals surface area (Å²) in [6.45, 7) is 0. The van der Waals surface area contributed by atoms with Crippen molar-refractivity contribution in [1.82, 2.24) is 9.97 Å². The van der Waals surface area contributed by atoms with Gasteiger partial charge in [0.2, 0.25) is 5.89 Å². The lowest BCUT2D eigenvalue weighted by Crippen LogP contribution is -2.12. The SMILES string of the molecule is O=C(Nc1ccc(-c2nc3cnccc3o2)cc1)c1ccc(Cl)cc1Cl. The van der Waals surface area contributed by atoms with E-state index in [1.54, 1.807) is 42.7 Å². The molecule has 0 aliphatic heterocycles. The standard InChI is InChI=1S/C19H11Cl2N3O2/c20-12-3-6-14(15(21)9-12)18(25)23-13-4-1-11(2-5-13)19-24-16-10-22-8-7-17(16)26-19/h1-10H,(H,23,25). The van der Waals surface area contributed by atoms with Gasteiger partial charge < -0.3 is 9.73 Å². The molecule has 0 aliphatic rings. The molecular formula is C19H11Cl2N3O2. The highest BCUT2D eigenvalue weighted by atomic mass is 35.5. The van der Waals surface area contributed by atoms with E-state index in [1.807, 2.05) is 12.1 Å². The topological polar surface area (TPSA) is 68.0 Å². The van der Waals surface area contributed by atoms with Crippen molar-refractivity contribution < 1.29 is 9.21 Å². The number of fused-ring (bicyclic) bond motifs is 1. The fourth-order valence-electron chi connectivity index (χ4n) is 2.47. The van der Waals surface area contributed by atoms with Gasteiger partial charge in [-0.15, -0.1) is 0 Å². The smallest absolute Gasteiger partial charge is 0.257 e. The van der Waals surface area contributed by atoms with Crippen LogP contribution in [0, 0.1) is 0 Å². The zero-order valence-electron chi connectivity index (χ0n) is 13.2. The largest absolute Gasteiger partial charge is 0.436 e. The minimum atomic E-state index is -0.313. The molecule has 2 aromatic heterocycles. The lowest BCUT2D eigenvalue weighted by Gasteiger charge is -2.07. The van der Waals surface area contributed by atoms with Crippen LogP contribution in [0.1, 0.15) is 10.4 Å². The van der Waals surface area contributed by atoms with Gasteiger partial charge in [-0.1, -0.05) is 23.2 Å². The van der Waals surface area contributed by atoms with Crippen molar-refractivity contribution in [3.8, 4) is 11.5 Å². The zero-order valence-corrected chi connectivity index (χ0v) is 14.8. The van der Waals surface area contributed by atoms with Gasteiger partial charge in [0, 0.05) is 28.5 Å². The number of carbonyl (C=O) groups excluding carboxylic acids is 1. The number of oxazole rings is 1. The predicted molar refractivity (Wildman–Crippen MR) is 102 cm³/mol. The number of hydrogen-bond donors (Lipinski definition) is 1. The van der Waals surface area contributed by atoms with Crippen molar-refractivity contribution in [3.05, 3.63) is 76.5 Å². The first-order valence-electron chi connectivity index (χ1n) is 7.67. The molecule has 0 bridgehead atoms. The number of halogens is 2. The molecule has 2 aromatic carbocycles. The lowest BCUT2D eigenvalue weighted by molar-refractivity contribution is 0.102. The quantitative estimate of drug-likeness (QED) is 0.510. The van der Waals surface area contributed by atoms with Crippen molar-refractivity contribution in [2.24, 2.45) is 0 Å². The van der Waals surface area contributed by atoms with Crippen molar-refractivity contribution >= 4 is 45.9 Å². The van der Waals surface area contributed by atoms with Gasteiger partial charge in [-0.2, -0.15) is 0 Å². The van der Waals surface area contributed by atoms with Crippen molar-refractivity contribution in [1.29, 1.82) is 0 Å². The number of rotatable bonds is 3. The Hall–Kier alpha value is -2.89. The van der Waals surface area contributed by atoms with Crippen LogP contribution in [0.2, 0.25) is 10.0 Å². The number of nitrogens with zero attached hydrogens (tertiary/aromatic N) is 2. The summed E-state index contributed by atoms with van der Waals surface area (Å²) in [5.74, 6) is 0.180. The minimum absolute atomic E-state index is 0.298. The minimum Gasteiger partial charge on any atom is -0.436 e. The van der Waals surface area contributed by atoms with Crippen LogP contribution in [0.15, 0.2) is 65.3 Å². The summed E-state index contributed by atoms with van der Waals surface area (Å²) in [6.07, 6.45) is 3.30. The summed E-state index contributed by atoms with van der Waals surface area (Å²) < 4.78 is 5.70. The average Bonchev–Trinajstić information content (AvgIpc) is 3.06. The van der Waals surface area contributed by atoms with E-state index in [0.29, 0.717) is 38.3 Å². The maximum Gasteiger partial charge on any atom is 0.257 e. The third-order valence-corrected chi connectivity index (χ3v) is 4.30. The molecule has 0 saturated heterocycles. The van der Waals surface area contributed by atoms with E-state index >= 15 is 0 Å². The van der Waals surface area contributed by atoms with Crippen LogP contribution in [-0.2, 0) is 0 Å². The van der Waals surface area contributed by atoms with Crippen LogP contribution in [0.3, 0.4) is 0 Å². The van der Waals surface area contributed by atoms with Gasteiger partial charge >= 0.3 is 0 Å². The highest BCUT2D eigenvalue weighted by molar-refractivity contribution is 6.37. The number of amides is 1. The molecule has 0 spiro atoms. The predicted octanol–water partition coefficient (Wildman–Crippen LogP) is 5.45. The summed E-state index contributed by atoms with van der Waals surface area (Å²) in [6, 6.07) is 13.7. The molecule has 0 unspecified atom stereocenters. The molecule has 5 nitrogen and oxygen atoms in total. The first-order valence-corrected chi connectivity index (χ1v) is 8.43. The van der Waals surface area contributed by atoms with Crippen molar-refractivity contribution in [2.45, 2.75) is 0 Å². The number of nitrogens with one attached hydrogen (secondary N) is 1. The summed E-state index contributed by atoms with van der Waals surface area (Å²) >= 11 is 11.9. The molecule has 128 valence electrons. The Kier molecular flexibility index (Phi) is 4.32. The second-order valence-corrected chi connectivity index (χ2v) is 6.36. The number of aromatic nitrogens is 2. The molecule has 0 aliphatic carbocycles. The van der Waals surface area contributed by atoms with Crippen LogP contribution in [0.5, 0.6) is 0 Å². The molecule has 1 N–H and O–H groups in total. The maximum atomic E-state index is 12.3. The normalized spacial score (nSPS) is 10.8. The molecule has 0 radical (unpaired) electrons. The fraction of sp³-hybridized carbons (Fsp3) is 0.